The molecule has 1 aromatic heterocycles. The van der Waals surface area contributed by atoms with Crippen LogP contribution in [0.4, 0.5) is 5.69 Å². The van der Waals surface area contributed by atoms with Gasteiger partial charge in [0.2, 0.25) is 0 Å². The van der Waals surface area contributed by atoms with E-state index in [-0.39, 0.29) is 0 Å². The van der Waals surface area contributed by atoms with E-state index in [1.807, 2.05) is 11.7 Å². The van der Waals surface area contributed by atoms with Crippen LogP contribution in [0.1, 0.15) is 50.6 Å². The normalized spacial score (nSPS) is 26.8. The fourth-order valence-electron chi connectivity index (χ4n) is 3.71. The average Bonchev–Trinajstić information content (AvgIpc) is 2.64. The molecule has 3 nitrogen and oxygen atoms in total. The van der Waals surface area contributed by atoms with Crippen molar-refractivity contribution in [3.8, 4) is 0 Å². The Hall–Kier alpha value is -0.990. The van der Waals surface area contributed by atoms with Gasteiger partial charge in [0.1, 0.15) is 0 Å². The summed E-state index contributed by atoms with van der Waals surface area (Å²) in [5.41, 5.74) is 2.99. The maximum absolute atomic E-state index is 4.41. The average molecular weight is 233 g/mol. The molecule has 17 heavy (non-hydrogen) atoms. The van der Waals surface area contributed by atoms with Gasteiger partial charge < -0.3 is 5.32 Å². The third-order valence-corrected chi connectivity index (χ3v) is 4.86. The smallest absolute Gasteiger partial charge is 0.0825 e. The third kappa shape index (κ3) is 1.85. The van der Waals surface area contributed by atoms with E-state index >= 15 is 0 Å². The summed E-state index contributed by atoms with van der Waals surface area (Å²) in [6.07, 6.45) is 12.1. The number of aryl methyl sites for hydroxylation is 2. The molecule has 2 fully saturated rings. The summed E-state index contributed by atoms with van der Waals surface area (Å²) in [5.74, 6) is 0. The molecule has 0 amide bonds. The molecule has 0 saturated heterocycles. The highest BCUT2D eigenvalue weighted by atomic mass is 15.3. The van der Waals surface area contributed by atoms with Crippen molar-refractivity contribution < 1.29 is 0 Å². The Morgan fingerprint density at radius 2 is 2.06 bits per heavy atom. The molecule has 0 radical (unpaired) electrons. The van der Waals surface area contributed by atoms with Gasteiger partial charge in [-0.1, -0.05) is 19.3 Å². The SMILES string of the molecule is Cc1nn(C)cc1NC1CCC12CCCCC2. The van der Waals surface area contributed by atoms with Crippen LogP contribution >= 0.6 is 0 Å². The van der Waals surface area contributed by atoms with Crippen molar-refractivity contribution in [3.05, 3.63) is 11.9 Å². The summed E-state index contributed by atoms with van der Waals surface area (Å²) in [7, 11) is 2.00. The molecule has 2 saturated carbocycles. The van der Waals surface area contributed by atoms with E-state index in [2.05, 4.69) is 23.5 Å². The number of aromatic nitrogens is 2. The van der Waals surface area contributed by atoms with Gasteiger partial charge in [-0.3, -0.25) is 4.68 Å². The zero-order valence-corrected chi connectivity index (χ0v) is 11.0. The number of hydrogen-bond acceptors (Lipinski definition) is 2. The molecular formula is C14H23N3. The van der Waals surface area contributed by atoms with Gasteiger partial charge in [0.05, 0.1) is 11.4 Å². The molecular weight excluding hydrogens is 210 g/mol. The number of hydrogen-bond donors (Lipinski definition) is 1. The monoisotopic (exact) mass is 233 g/mol. The lowest BCUT2D eigenvalue weighted by molar-refractivity contribution is 0.0571. The highest BCUT2D eigenvalue weighted by molar-refractivity contribution is 5.47. The molecule has 0 aromatic carbocycles. The largest absolute Gasteiger partial charge is 0.379 e. The second kappa shape index (κ2) is 4.04. The predicted octanol–water partition coefficient (Wildman–Crippen LogP) is 3.25. The van der Waals surface area contributed by atoms with Crippen molar-refractivity contribution in [2.75, 3.05) is 5.32 Å². The topological polar surface area (TPSA) is 29.9 Å². The number of nitrogens with zero attached hydrogens (tertiary/aromatic N) is 2. The second-order valence-electron chi connectivity index (χ2n) is 5.96. The maximum Gasteiger partial charge on any atom is 0.0825 e. The standard InChI is InChI=1S/C14H23N3/c1-11-12(10-17(2)16-11)15-13-6-9-14(13)7-4-3-5-8-14/h10,13,15H,3-9H2,1-2H3. The minimum atomic E-state index is 0.626. The van der Waals surface area contributed by atoms with Crippen LogP contribution in [0.25, 0.3) is 0 Å². The van der Waals surface area contributed by atoms with Crippen molar-refractivity contribution in [2.24, 2.45) is 12.5 Å². The Bertz CT molecular complexity index is 402. The molecule has 3 rings (SSSR count). The molecule has 0 aliphatic heterocycles. The predicted molar refractivity (Wildman–Crippen MR) is 70.1 cm³/mol. The van der Waals surface area contributed by atoms with E-state index in [0.717, 1.165) is 5.69 Å². The highest BCUT2D eigenvalue weighted by Crippen LogP contribution is 2.52. The van der Waals surface area contributed by atoms with Crippen molar-refractivity contribution in [1.29, 1.82) is 0 Å². The minimum absolute atomic E-state index is 0.626. The van der Waals surface area contributed by atoms with E-state index in [9.17, 15) is 0 Å². The summed E-state index contributed by atoms with van der Waals surface area (Å²) >= 11 is 0. The summed E-state index contributed by atoms with van der Waals surface area (Å²) in [5, 5.41) is 8.15. The van der Waals surface area contributed by atoms with Gasteiger partial charge in [0.25, 0.3) is 0 Å². The fraction of sp³-hybridized carbons (Fsp3) is 0.786. The molecule has 94 valence electrons. The number of anilines is 1. The zero-order valence-electron chi connectivity index (χ0n) is 11.0. The van der Waals surface area contributed by atoms with Crippen molar-refractivity contribution in [3.63, 3.8) is 0 Å². The highest BCUT2D eigenvalue weighted by Gasteiger charge is 2.46. The Balaban J connectivity index is 1.71. The lowest BCUT2D eigenvalue weighted by Gasteiger charge is -2.52. The Kier molecular flexibility index (Phi) is 2.64. The van der Waals surface area contributed by atoms with E-state index in [0.29, 0.717) is 11.5 Å². The quantitative estimate of drug-likeness (QED) is 0.849. The molecule has 2 aliphatic carbocycles. The molecule has 1 unspecified atom stereocenters. The summed E-state index contributed by atoms with van der Waals surface area (Å²) in [4.78, 5) is 0. The summed E-state index contributed by atoms with van der Waals surface area (Å²) in [6, 6.07) is 0.700. The van der Waals surface area contributed by atoms with Gasteiger partial charge in [0.15, 0.2) is 0 Å². The maximum atomic E-state index is 4.41. The molecule has 0 bridgehead atoms. The van der Waals surface area contributed by atoms with Gasteiger partial charge in [0, 0.05) is 19.3 Å². The molecule has 1 aromatic rings. The van der Waals surface area contributed by atoms with Crippen molar-refractivity contribution >= 4 is 5.69 Å². The first-order valence-electron chi connectivity index (χ1n) is 6.96. The van der Waals surface area contributed by atoms with Gasteiger partial charge in [-0.05, 0) is 38.0 Å². The van der Waals surface area contributed by atoms with Crippen LogP contribution < -0.4 is 5.32 Å². The molecule has 1 atom stereocenters. The molecule has 3 heteroatoms. The van der Waals surface area contributed by atoms with Crippen molar-refractivity contribution in [2.45, 2.75) is 57.9 Å². The van der Waals surface area contributed by atoms with Gasteiger partial charge in [-0.2, -0.15) is 5.10 Å². The van der Waals surface area contributed by atoms with Gasteiger partial charge in [-0.15, -0.1) is 0 Å². The first kappa shape index (κ1) is 11.1. The first-order valence-corrected chi connectivity index (χ1v) is 6.96. The summed E-state index contributed by atoms with van der Waals surface area (Å²) in [6.45, 7) is 2.09. The minimum Gasteiger partial charge on any atom is -0.379 e. The van der Waals surface area contributed by atoms with Crippen LogP contribution in [-0.2, 0) is 7.05 Å². The fourth-order valence-corrected chi connectivity index (χ4v) is 3.71. The van der Waals surface area contributed by atoms with Crippen LogP contribution in [0, 0.1) is 12.3 Å². The van der Waals surface area contributed by atoms with Crippen LogP contribution in [-0.4, -0.2) is 15.8 Å². The van der Waals surface area contributed by atoms with Crippen LogP contribution in [0.3, 0.4) is 0 Å². The third-order valence-electron chi connectivity index (χ3n) is 4.86. The molecule has 1 spiro atoms. The number of nitrogens with one attached hydrogen (secondary N) is 1. The molecule has 1 heterocycles. The Morgan fingerprint density at radius 3 is 2.59 bits per heavy atom. The van der Waals surface area contributed by atoms with E-state index in [1.165, 1.54) is 50.6 Å². The number of rotatable bonds is 2. The lowest BCUT2D eigenvalue weighted by Crippen LogP contribution is -2.50. The first-order chi connectivity index (χ1) is 8.20. The van der Waals surface area contributed by atoms with Crippen LogP contribution in [0.2, 0.25) is 0 Å². The van der Waals surface area contributed by atoms with Crippen LogP contribution in [0.15, 0.2) is 6.20 Å². The summed E-state index contributed by atoms with van der Waals surface area (Å²) < 4.78 is 1.91. The second-order valence-corrected chi connectivity index (χ2v) is 5.96. The van der Waals surface area contributed by atoms with E-state index in [4.69, 9.17) is 0 Å². The van der Waals surface area contributed by atoms with E-state index < -0.39 is 0 Å². The van der Waals surface area contributed by atoms with Crippen molar-refractivity contribution in [1.82, 2.24) is 9.78 Å². The van der Waals surface area contributed by atoms with Gasteiger partial charge in [-0.25, -0.2) is 0 Å². The Morgan fingerprint density at radius 1 is 1.29 bits per heavy atom. The zero-order chi connectivity index (χ0) is 11.9. The molecule has 2 aliphatic rings. The lowest BCUT2D eigenvalue weighted by atomic mass is 9.57. The van der Waals surface area contributed by atoms with Crippen LogP contribution in [0.5, 0.6) is 0 Å². The van der Waals surface area contributed by atoms with Gasteiger partial charge >= 0.3 is 0 Å². The van der Waals surface area contributed by atoms with E-state index in [1.54, 1.807) is 0 Å². The molecule has 1 N–H and O–H groups in total. The Labute approximate surface area is 104 Å².